The Balaban J connectivity index is 2.20. The number of rotatable bonds is 3. The van der Waals surface area contributed by atoms with Crippen LogP contribution < -0.4 is 4.74 Å². The average molecular weight is 371 g/mol. The van der Waals surface area contributed by atoms with Gasteiger partial charge in [0.1, 0.15) is 5.78 Å². The third-order valence-electron chi connectivity index (χ3n) is 5.33. The van der Waals surface area contributed by atoms with Crippen LogP contribution in [0, 0.1) is 11.3 Å². The Morgan fingerprint density at radius 1 is 1.22 bits per heavy atom. The lowest BCUT2D eigenvalue weighted by Gasteiger charge is -2.41. The van der Waals surface area contributed by atoms with Crippen LogP contribution >= 0.6 is 0 Å². The molecule has 6 heteroatoms. The van der Waals surface area contributed by atoms with Crippen molar-refractivity contribution in [3.63, 3.8) is 0 Å². The van der Waals surface area contributed by atoms with E-state index < -0.39 is 17.8 Å². The number of nitrogens with zero attached hydrogens (tertiary/aromatic N) is 1. The maximum atomic E-state index is 13.1. The average Bonchev–Trinajstić information content (AvgIpc) is 2.59. The zero-order valence-corrected chi connectivity index (χ0v) is 16.3. The molecule has 0 radical (unpaired) electrons. The monoisotopic (exact) mass is 371 g/mol. The van der Waals surface area contributed by atoms with Gasteiger partial charge in [-0.1, -0.05) is 19.9 Å². The molecule has 6 nitrogen and oxygen atoms in total. The van der Waals surface area contributed by atoms with Crippen LogP contribution in [-0.2, 0) is 14.3 Å². The number of aliphatic imine (C=N–C) groups is 1. The van der Waals surface area contributed by atoms with Crippen molar-refractivity contribution < 1.29 is 24.2 Å². The molecule has 1 aliphatic heterocycles. The summed E-state index contributed by atoms with van der Waals surface area (Å²) in [6.07, 6.45) is 1.12. The largest absolute Gasteiger partial charge is 0.504 e. The standard InChI is InChI=1S/C21H25NO5/c1-11-17(20(25)27-5)18(12-6-7-14(23)16(8-12)26-4)19-13(22-11)9-21(2,3)10-15(19)24/h6-8,18-19,23H,9-10H2,1-5H3. The lowest BCUT2D eigenvalue weighted by Crippen LogP contribution is -2.44. The van der Waals surface area contributed by atoms with Crippen molar-refractivity contribution in [1.82, 2.24) is 0 Å². The summed E-state index contributed by atoms with van der Waals surface area (Å²) in [7, 11) is 2.78. The Labute approximate surface area is 158 Å². The minimum absolute atomic E-state index is 0.00220. The van der Waals surface area contributed by atoms with Crippen LogP contribution in [0.5, 0.6) is 11.5 Å². The second-order valence-electron chi connectivity index (χ2n) is 7.96. The van der Waals surface area contributed by atoms with Gasteiger partial charge in [0.15, 0.2) is 11.5 Å². The number of allylic oxidation sites excluding steroid dienone is 1. The Bertz CT molecular complexity index is 865. The van der Waals surface area contributed by atoms with Crippen molar-refractivity contribution in [3.8, 4) is 11.5 Å². The van der Waals surface area contributed by atoms with Crippen LogP contribution in [0.25, 0.3) is 0 Å². The number of phenolic OH excluding ortho intramolecular Hbond substituents is 1. The highest BCUT2D eigenvalue weighted by molar-refractivity contribution is 6.12. The summed E-state index contributed by atoms with van der Waals surface area (Å²) in [4.78, 5) is 30.3. The zero-order chi connectivity index (χ0) is 19.9. The van der Waals surface area contributed by atoms with E-state index in [1.54, 1.807) is 19.1 Å². The van der Waals surface area contributed by atoms with Crippen LogP contribution in [0.1, 0.15) is 45.1 Å². The summed E-state index contributed by atoms with van der Waals surface area (Å²) >= 11 is 0. The van der Waals surface area contributed by atoms with E-state index in [1.807, 2.05) is 0 Å². The molecule has 144 valence electrons. The summed E-state index contributed by atoms with van der Waals surface area (Å²) in [5, 5.41) is 9.94. The van der Waals surface area contributed by atoms with Gasteiger partial charge in [0, 0.05) is 23.7 Å². The fourth-order valence-electron chi connectivity index (χ4n) is 4.22. The highest BCUT2D eigenvalue weighted by Gasteiger charge is 2.47. The summed E-state index contributed by atoms with van der Waals surface area (Å²) in [6, 6.07) is 4.90. The lowest BCUT2D eigenvalue weighted by atomic mass is 9.63. The van der Waals surface area contributed by atoms with Crippen molar-refractivity contribution in [2.24, 2.45) is 16.3 Å². The molecule has 0 amide bonds. The van der Waals surface area contributed by atoms with Gasteiger partial charge in [0.25, 0.3) is 0 Å². The Morgan fingerprint density at radius 3 is 2.56 bits per heavy atom. The number of carbonyl (C=O) groups excluding carboxylic acids is 2. The van der Waals surface area contributed by atoms with Gasteiger partial charge in [-0.2, -0.15) is 0 Å². The Kier molecular flexibility index (Phi) is 4.84. The first-order chi connectivity index (χ1) is 12.7. The molecule has 1 heterocycles. The van der Waals surface area contributed by atoms with E-state index in [0.717, 1.165) is 11.3 Å². The molecule has 1 fully saturated rings. The van der Waals surface area contributed by atoms with E-state index in [1.165, 1.54) is 20.3 Å². The number of methoxy groups -OCH3 is 2. The number of ether oxygens (including phenoxy) is 2. The van der Waals surface area contributed by atoms with Crippen molar-refractivity contribution in [2.75, 3.05) is 14.2 Å². The third kappa shape index (κ3) is 3.36. The minimum Gasteiger partial charge on any atom is -0.504 e. The number of benzene rings is 1. The number of ketones is 1. The Morgan fingerprint density at radius 2 is 1.93 bits per heavy atom. The first kappa shape index (κ1) is 19.1. The van der Waals surface area contributed by atoms with Crippen molar-refractivity contribution in [1.29, 1.82) is 0 Å². The second kappa shape index (κ2) is 6.83. The molecule has 2 aliphatic rings. The fraction of sp³-hybridized carbons (Fsp3) is 0.476. The van der Waals surface area contributed by atoms with E-state index in [-0.39, 0.29) is 16.9 Å². The second-order valence-corrected chi connectivity index (χ2v) is 7.96. The van der Waals surface area contributed by atoms with Gasteiger partial charge in [-0.3, -0.25) is 9.79 Å². The highest BCUT2D eigenvalue weighted by Crippen LogP contribution is 2.47. The Hall–Kier alpha value is -2.63. The summed E-state index contributed by atoms with van der Waals surface area (Å²) < 4.78 is 10.2. The van der Waals surface area contributed by atoms with E-state index in [4.69, 9.17) is 9.47 Å². The third-order valence-corrected chi connectivity index (χ3v) is 5.33. The predicted octanol–water partition coefficient (Wildman–Crippen LogP) is 3.39. The summed E-state index contributed by atoms with van der Waals surface area (Å²) in [6.45, 7) is 5.88. The number of phenols is 1. The zero-order valence-electron chi connectivity index (χ0n) is 16.3. The maximum Gasteiger partial charge on any atom is 0.336 e. The predicted molar refractivity (Wildman–Crippen MR) is 101 cm³/mol. The van der Waals surface area contributed by atoms with E-state index >= 15 is 0 Å². The summed E-state index contributed by atoms with van der Waals surface area (Å²) in [5.74, 6) is -1.15. The molecule has 2 atom stereocenters. The van der Waals surface area contributed by atoms with E-state index in [9.17, 15) is 14.7 Å². The molecule has 2 unspecified atom stereocenters. The molecule has 0 bridgehead atoms. The van der Waals surface area contributed by atoms with Crippen molar-refractivity contribution in [2.45, 2.75) is 39.5 Å². The molecular weight excluding hydrogens is 346 g/mol. The number of fused-ring (bicyclic) bond motifs is 1. The maximum absolute atomic E-state index is 13.1. The van der Waals surface area contributed by atoms with Gasteiger partial charge >= 0.3 is 5.97 Å². The fourth-order valence-corrected chi connectivity index (χ4v) is 4.22. The topological polar surface area (TPSA) is 85.2 Å². The first-order valence-electron chi connectivity index (χ1n) is 8.94. The van der Waals surface area contributed by atoms with Crippen LogP contribution in [0.3, 0.4) is 0 Å². The number of carbonyl (C=O) groups is 2. The first-order valence-corrected chi connectivity index (χ1v) is 8.94. The van der Waals surface area contributed by atoms with Gasteiger partial charge in [-0.15, -0.1) is 0 Å². The lowest BCUT2D eigenvalue weighted by molar-refractivity contribution is -0.136. The number of Topliss-reactive ketones (excluding diaryl/α,β-unsaturated/α-hetero) is 1. The van der Waals surface area contributed by atoms with Crippen LogP contribution in [0.4, 0.5) is 0 Å². The molecule has 0 spiro atoms. The molecule has 1 aromatic carbocycles. The van der Waals surface area contributed by atoms with Crippen molar-refractivity contribution >= 4 is 17.5 Å². The van der Waals surface area contributed by atoms with Crippen LogP contribution in [0.15, 0.2) is 34.5 Å². The van der Waals surface area contributed by atoms with Crippen LogP contribution in [0.2, 0.25) is 0 Å². The smallest absolute Gasteiger partial charge is 0.336 e. The van der Waals surface area contributed by atoms with Crippen molar-refractivity contribution in [3.05, 3.63) is 35.0 Å². The van der Waals surface area contributed by atoms with E-state index in [0.29, 0.717) is 29.9 Å². The number of esters is 1. The number of hydrogen-bond acceptors (Lipinski definition) is 6. The van der Waals surface area contributed by atoms with Gasteiger partial charge in [-0.25, -0.2) is 4.79 Å². The van der Waals surface area contributed by atoms with E-state index in [2.05, 4.69) is 18.8 Å². The molecule has 1 aromatic rings. The minimum atomic E-state index is -0.511. The molecule has 0 aromatic heterocycles. The van der Waals surface area contributed by atoms with Gasteiger partial charge in [-0.05, 0) is 36.5 Å². The molecule has 27 heavy (non-hydrogen) atoms. The van der Waals surface area contributed by atoms with Gasteiger partial charge < -0.3 is 14.6 Å². The number of hydrogen-bond donors (Lipinski definition) is 1. The summed E-state index contributed by atoms with van der Waals surface area (Å²) in [5.41, 5.74) is 2.31. The molecule has 1 N–H and O–H groups in total. The molecule has 0 saturated heterocycles. The SMILES string of the molecule is COC(=O)C1=C(C)N=C2CC(C)(C)CC(=O)C2C1c1ccc(O)c(OC)c1. The van der Waals surface area contributed by atoms with Gasteiger partial charge in [0.05, 0.1) is 25.7 Å². The number of aromatic hydroxyl groups is 1. The molecule has 3 rings (SSSR count). The van der Waals surface area contributed by atoms with Gasteiger partial charge in [0.2, 0.25) is 0 Å². The normalized spacial score (nSPS) is 24.2. The van der Waals surface area contributed by atoms with Crippen LogP contribution in [-0.4, -0.2) is 36.8 Å². The quantitative estimate of drug-likeness (QED) is 0.823. The molecule has 1 saturated carbocycles. The highest BCUT2D eigenvalue weighted by atomic mass is 16.5. The molecular formula is C21H25NO5. The molecule has 1 aliphatic carbocycles.